The summed E-state index contributed by atoms with van der Waals surface area (Å²) < 4.78 is 23.1. The highest BCUT2D eigenvalue weighted by Gasteiger charge is 2.10. The predicted molar refractivity (Wildman–Crippen MR) is 70.4 cm³/mol. The summed E-state index contributed by atoms with van der Waals surface area (Å²) in [6.45, 7) is 0. The van der Waals surface area contributed by atoms with Gasteiger partial charge in [-0.25, -0.2) is 8.42 Å². The molecule has 1 aromatic rings. The minimum Gasteiger partial charge on any atom is -0.324 e. The highest BCUT2D eigenvalue weighted by molar-refractivity contribution is 14.1. The van der Waals surface area contributed by atoms with Gasteiger partial charge in [-0.2, -0.15) is 0 Å². The Morgan fingerprint density at radius 1 is 1.47 bits per heavy atom. The zero-order valence-corrected chi connectivity index (χ0v) is 11.5. The van der Waals surface area contributed by atoms with E-state index in [2.05, 4.69) is 22.6 Å². The second-order valence-electron chi connectivity index (χ2n) is 3.58. The Labute approximate surface area is 104 Å². The zero-order chi connectivity index (χ0) is 11.5. The van der Waals surface area contributed by atoms with E-state index in [1.807, 2.05) is 24.3 Å². The molecule has 0 spiro atoms. The zero-order valence-electron chi connectivity index (χ0n) is 8.48. The van der Waals surface area contributed by atoms with Gasteiger partial charge in [0.25, 0.3) is 0 Å². The minimum atomic E-state index is -2.92. The lowest BCUT2D eigenvalue weighted by molar-refractivity contribution is 0.591. The first kappa shape index (κ1) is 12.9. The van der Waals surface area contributed by atoms with Crippen molar-refractivity contribution in [3.05, 3.63) is 33.4 Å². The quantitative estimate of drug-likeness (QED) is 0.850. The van der Waals surface area contributed by atoms with Gasteiger partial charge in [0.05, 0.1) is 5.75 Å². The van der Waals surface area contributed by atoms with E-state index in [1.165, 1.54) is 6.26 Å². The second-order valence-corrected chi connectivity index (χ2v) is 7.09. The normalized spacial score (nSPS) is 13.8. The molecule has 0 aliphatic heterocycles. The topological polar surface area (TPSA) is 60.2 Å². The van der Waals surface area contributed by atoms with Crippen LogP contribution in [0.4, 0.5) is 0 Å². The van der Waals surface area contributed by atoms with Crippen LogP contribution in [0.1, 0.15) is 18.0 Å². The van der Waals surface area contributed by atoms with Gasteiger partial charge in [-0.3, -0.25) is 0 Å². The van der Waals surface area contributed by atoms with E-state index in [9.17, 15) is 8.42 Å². The highest BCUT2D eigenvalue weighted by Crippen LogP contribution is 2.17. The molecular formula is C10H14INO2S. The molecule has 15 heavy (non-hydrogen) atoms. The number of benzene rings is 1. The third-order valence-corrected chi connectivity index (χ3v) is 3.72. The van der Waals surface area contributed by atoms with Crippen LogP contribution < -0.4 is 5.73 Å². The van der Waals surface area contributed by atoms with Crippen LogP contribution in [-0.2, 0) is 9.84 Å². The van der Waals surface area contributed by atoms with Crippen molar-refractivity contribution >= 4 is 32.4 Å². The van der Waals surface area contributed by atoms with Gasteiger partial charge in [0, 0.05) is 15.9 Å². The smallest absolute Gasteiger partial charge is 0.147 e. The molecule has 1 unspecified atom stereocenters. The predicted octanol–water partition coefficient (Wildman–Crippen LogP) is 1.73. The number of rotatable bonds is 4. The van der Waals surface area contributed by atoms with E-state index in [-0.39, 0.29) is 11.8 Å². The van der Waals surface area contributed by atoms with Gasteiger partial charge >= 0.3 is 0 Å². The van der Waals surface area contributed by atoms with E-state index in [4.69, 9.17) is 5.73 Å². The summed E-state index contributed by atoms with van der Waals surface area (Å²) in [5, 5.41) is 0. The molecule has 0 aliphatic rings. The third kappa shape index (κ3) is 4.94. The highest BCUT2D eigenvalue weighted by atomic mass is 127. The first-order valence-corrected chi connectivity index (χ1v) is 7.71. The average molecular weight is 339 g/mol. The van der Waals surface area contributed by atoms with Crippen molar-refractivity contribution in [2.45, 2.75) is 12.5 Å². The van der Waals surface area contributed by atoms with Gasteiger partial charge < -0.3 is 5.73 Å². The lowest BCUT2D eigenvalue weighted by Crippen LogP contribution is -2.15. The SMILES string of the molecule is CS(=O)(=O)CCC(N)c1cccc(I)c1. The molecule has 0 radical (unpaired) electrons. The van der Waals surface area contributed by atoms with E-state index in [1.54, 1.807) is 0 Å². The first-order valence-electron chi connectivity index (χ1n) is 4.57. The summed E-state index contributed by atoms with van der Waals surface area (Å²) in [5.41, 5.74) is 6.89. The molecule has 1 aromatic carbocycles. The summed E-state index contributed by atoms with van der Waals surface area (Å²) in [6.07, 6.45) is 1.70. The van der Waals surface area contributed by atoms with E-state index in [0.29, 0.717) is 6.42 Å². The van der Waals surface area contributed by atoms with E-state index < -0.39 is 9.84 Å². The molecule has 0 bridgehead atoms. The molecule has 0 heterocycles. The summed E-state index contributed by atoms with van der Waals surface area (Å²) in [4.78, 5) is 0. The summed E-state index contributed by atoms with van der Waals surface area (Å²) in [5.74, 6) is 0.139. The molecule has 3 nitrogen and oxygen atoms in total. The van der Waals surface area contributed by atoms with Crippen LogP contribution in [0.15, 0.2) is 24.3 Å². The molecule has 1 atom stereocenters. The summed E-state index contributed by atoms with van der Waals surface area (Å²) >= 11 is 2.21. The van der Waals surface area contributed by atoms with Crippen molar-refractivity contribution in [3.8, 4) is 0 Å². The Morgan fingerprint density at radius 3 is 2.67 bits per heavy atom. The Bertz CT molecular complexity index is 431. The van der Waals surface area contributed by atoms with Crippen LogP contribution in [0.2, 0.25) is 0 Å². The molecule has 1 rings (SSSR count). The molecule has 0 saturated carbocycles. The summed E-state index contributed by atoms with van der Waals surface area (Å²) in [7, 11) is -2.92. The van der Waals surface area contributed by atoms with Crippen LogP contribution >= 0.6 is 22.6 Å². The molecule has 84 valence electrons. The maximum absolute atomic E-state index is 11.0. The fourth-order valence-electron chi connectivity index (χ4n) is 1.24. The lowest BCUT2D eigenvalue weighted by atomic mass is 10.1. The van der Waals surface area contributed by atoms with Gasteiger partial charge in [-0.15, -0.1) is 0 Å². The van der Waals surface area contributed by atoms with Crippen molar-refractivity contribution < 1.29 is 8.42 Å². The fraction of sp³-hybridized carbons (Fsp3) is 0.400. The van der Waals surface area contributed by atoms with Crippen molar-refractivity contribution in [1.29, 1.82) is 0 Å². The number of halogens is 1. The van der Waals surface area contributed by atoms with E-state index in [0.717, 1.165) is 9.13 Å². The minimum absolute atomic E-state index is 0.139. The van der Waals surface area contributed by atoms with Crippen LogP contribution in [0.25, 0.3) is 0 Å². The van der Waals surface area contributed by atoms with Crippen LogP contribution in [0.3, 0.4) is 0 Å². The monoisotopic (exact) mass is 339 g/mol. The number of hydrogen-bond donors (Lipinski definition) is 1. The van der Waals surface area contributed by atoms with Gasteiger partial charge in [0.15, 0.2) is 0 Å². The number of nitrogens with two attached hydrogens (primary N) is 1. The Morgan fingerprint density at radius 2 is 2.13 bits per heavy atom. The Kier molecular flexibility index (Phi) is 4.54. The van der Waals surface area contributed by atoms with Gasteiger partial charge in [-0.1, -0.05) is 12.1 Å². The van der Waals surface area contributed by atoms with Gasteiger partial charge in [0.2, 0.25) is 0 Å². The Balaban J connectivity index is 2.65. The molecule has 0 aliphatic carbocycles. The average Bonchev–Trinajstić information content (AvgIpc) is 2.13. The molecule has 0 saturated heterocycles. The fourth-order valence-corrected chi connectivity index (χ4v) is 2.49. The number of sulfone groups is 1. The Hall–Kier alpha value is -0.140. The molecular weight excluding hydrogens is 325 g/mol. The van der Waals surface area contributed by atoms with Crippen LogP contribution in [0, 0.1) is 3.57 Å². The lowest BCUT2D eigenvalue weighted by Gasteiger charge is -2.11. The maximum Gasteiger partial charge on any atom is 0.147 e. The van der Waals surface area contributed by atoms with Crippen molar-refractivity contribution in [3.63, 3.8) is 0 Å². The molecule has 0 aromatic heterocycles. The van der Waals surface area contributed by atoms with Crippen LogP contribution in [-0.4, -0.2) is 20.4 Å². The standard InChI is InChI=1S/C10H14INO2S/c1-15(13,14)6-5-10(12)8-3-2-4-9(11)7-8/h2-4,7,10H,5-6,12H2,1H3. The van der Waals surface area contributed by atoms with Gasteiger partial charge in [-0.05, 0) is 46.7 Å². The van der Waals surface area contributed by atoms with Crippen molar-refractivity contribution in [1.82, 2.24) is 0 Å². The van der Waals surface area contributed by atoms with Gasteiger partial charge in [0.1, 0.15) is 9.84 Å². The largest absolute Gasteiger partial charge is 0.324 e. The third-order valence-electron chi connectivity index (χ3n) is 2.08. The maximum atomic E-state index is 11.0. The van der Waals surface area contributed by atoms with Crippen LogP contribution in [0.5, 0.6) is 0 Å². The number of hydrogen-bond acceptors (Lipinski definition) is 3. The van der Waals surface area contributed by atoms with Crippen molar-refractivity contribution in [2.75, 3.05) is 12.0 Å². The first-order chi connectivity index (χ1) is 6.88. The molecule has 2 N–H and O–H groups in total. The van der Waals surface area contributed by atoms with Crippen molar-refractivity contribution in [2.24, 2.45) is 5.73 Å². The second kappa shape index (κ2) is 5.27. The molecule has 0 fully saturated rings. The molecule has 5 heteroatoms. The molecule has 0 amide bonds. The van der Waals surface area contributed by atoms with E-state index >= 15 is 0 Å². The summed E-state index contributed by atoms with van der Waals surface area (Å²) in [6, 6.07) is 7.61.